The molecule has 0 aliphatic heterocycles. The number of nitrogens with one attached hydrogen (secondary N) is 2. The molecule has 0 radical (unpaired) electrons. The van der Waals surface area contributed by atoms with Crippen molar-refractivity contribution in [3.8, 4) is 11.5 Å². The summed E-state index contributed by atoms with van der Waals surface area (Å²) < 4.78 is 11.2. The molecule has 1 atom stereocenters. The second-order valence-corrected chi connectivity index (χ2v) is 10.8. The molecule has 3 aromatic rings. The number of halogens is 1. The molecule has 7 nitrogen and oxygen atoms in total. The van der Waals surface area contributed by atoms with E-state index in [4.69, 9.17) is 9.47 Å². The number of carboxylic acids is 1. The van der Waals surface area contributed by atoms with E-state index in [1.807, 2.05) is 30.3 Å². The molecule has 0 bridgehead atoms. The Morgan fingerprint density at radius 1 is 1.03 bits per heavy atom. The maximum absolute atomic E-state index is 13.5. The predicted octanol–water partition coefficient (Wildman–Crippen LogP) is 6.67. The minimum Gasteiger partial charge on any atom is -0.497 e. The van der Waals surface area contributed by atoms with Gasteiger partial charge in [-0.25, -0.2) is 4.79 Å². The fourth-order valence-electron chi connectivity index (χ4n) is 5.23. The quantitative estimate of drug-likeness (QED) is 0.243. The third kappa shape index (κ3) is 6.92. The highest BCUT2D eigenvalue weighted by Crippen LogP contribution is 2.35. The monoisotopic (exact) mass is 594 g/mol. The minimum absolute atomic E-state index is 0.0305. The van der Waals surface area contributed by atoms with E-state index in [2.05, 4.69) is 45.6 Å². The summed E-state index contributed by atoms with van der Waals surface area (Å²) >= 11 is 3.43. The average molecular weight is 596 g/mol. The van der Waals surface area contributed by atoms with Crippen molar-refractivity contribution >= 4 is 33.5 Å². The van der Waals surface area contributed by atoms with Crippen LogP contribution in [0.1, 0.15) is 70.8 Å². The highest BCUT2D eigenvalue weighted by Gasteiger charge is 2.25. The van der Waals surface area contributed by atoms with E-state index in [9.17, 15) is 14.7 Å². The Morgan fingerprint density at radius 2 is 1.74 bits per heavy atom. The number of aromatic carboxylic acids is 1. The lowest BCUT2D eigenvalue weighted by molar-refractivity contribution is -0.120. The number of carbonyl (C=O) groups is 2. The van der Waals surface area contributed by atoms with E-state index >= 15 is 0 Å². The van der Waals surface area contributed by atoms with Gasteiger partial charge in [-0.1, -0.05) is 59.5 Å². The van der Waals surface area contributed by atoms with Gasteiger partial charge in [0.25, 0.3) is 0 Å². The zero-order valence-corrected chi connectivity index (χ0v) is 24.1. The van der Waals surface area contributed by atoms with Crippen LogP contribution in [0.5, 0.6) is 11.5 Å². The number of carbonyl (C=O) groups excluding carboxylic acids is 1. The van der Waals surface area contributed by atoms with Gasteiger partial charge in [-0.05, 0) is 66.8 Å². The lowest BCUT2D eigenvalue weighted by Crippen LogP contribution is -2.32. The number of methoxy groups -OCH3 is 2. The van der Waals surface area contributed by atoms with E-state index in [0.29, 0.717) is 16.1 Å². The summed E-state index contributed by atoms with van der Waals surface area (Å²) in [7, 11) is 3.04. The number of anilines is 1. The van der Waals surface area contributed by atoms with Gasteiger partial charge in [-0.3, -0.25) is 4.79 Å². The molecule has 0 heterocycles. The lowest BCUT2D eigenvalue weighted by atomic mass is 9.91. The molecule has 3 N–H and O–H groups in total. The molecule has 206 valence electrons. The molecule has 1 fully saturated rings. The van der Waals surface area contributed by atoms with Gasteiger partial charge in [-0.15, -0.1) is 0 Å². The van der Waals surface area contributed by atoms with Crippen LogP contribution in [0.2, 0.25) is 0 Å². The van der Waals surface area contributed by atoms with Gasteiger partial charge >= 0.3 is 5.97 Å². The Labute approximate surface area is 238 Å². The molecule has 4 rings (SSSR count). The molecule has 0 saturated heterocycles. The van der Waals surface area contributed by atoms with Gasteiger partial charge < -0.3 is 25.2 Å². The first-order valence-corrected chi connectivity index (χ1v) is 14.0. The summed E-state index contributed by atoms with van der Waals surface area (Å²) in [6.07, 6.45) is 6.02. The summed E-state index contributed by atoms with van der Waals surface area (Å²) in [5, 5.41) is 16.5. The predicted molar refractivity (Wildman–Crippen MR) is 156 cm³/mol. The Kier molecular flexibility index (Phi) is 9.51. The van der Waals surface area contributed by atoms with Gasteiger partial charge in [0.05, 0.1) is 26.7 Å². The highest BCUT2D eigenvalue weighted by molar-refractivity contribution is 9.10. The normalized spacial score (nSPS) is 14.4. The maximum atomic E-state index is 13.5. The first-order chi connectivity index (χ1) is 18.8. The number of hydrogen-bond donors (Lipinski definition) is 3. The molecule has 1 unspecified atom stereocenters. The second-order valence-electron chi connectivity index (χ2n) is 9.91. The third-order valence-electron chi connectivity index (χ3n) is 7.28. The van der Waals surface area contributed by atoms with Crippen LogP contribution in [0.25, 0.3) is 0 Å². The van der Waals surface area contributed by atoms with Crippen molar-refractivity contribution in [2.45, 2.75) is 57.5 Å². The number of rotatable bonds is 10. The van der Waals surface area contributed by atoms with Gasteiger partial charge in [0.1, 0.15) is 17.1 Å². The van der Waals surface area contributed by atoms with Crippen LogP contribution < -0.4 is 20.1 Å². The lowest BCUT2D eigenvalue weighted by Gasteiger charge is -2.29. The molecular weight excluding hydrogens is 560 g/mol. The van der Waals surface area contributed by atoms with Crippen molar-refractivity contribution in [3.05, 3.63) is 86.9 Å². The minimum atomic E-state index is -1.10. The molecule has 8 heteroatoms. The van der Waals surface area contributed by atoms with Crippen LogP contribution in [0.4, 0.5) is 5.69 Å². The standard InChI is InChI=1S/C31H35BrN2O5/c1-19-8-7-11-26(33-22-9-5-4-6-10-22)29(19)30(20-12-14-23(38-2)15-13-20)34-28(35)17-21-16-27(39-3)24(31(36)37)18-25(21)32/h7-8,11-16,18,22,30,33H,4-6,9-10,17H2,1-3H3,(H,34,35)(H,36,37). The second kappa shape index (κ2) is 13.0. The Morgan fingerprint density at radius 3 is 2.38 bits per heavy atom. The zero-order valence-electron chi connectivity index (χ0n) is 22.6. The van der Waals surface area contributed by atoms with E-state index in [1.165, 1.54) is 32.4 Å². The topological polar surface area (TPSA) is 96.9 Å². The smallest absolute Gasteiger partial charge is 0.339 e. The summed E-state index contributed by atoms with van der Waals surface area (Å²) in [6.45, 7) is 2.07. The number of carboxylic acid groups (broad SMARTS) is 1. The number of ether oxygens (including phenoxy) is 2. The molecular formula is C31H35BrN2O5. The fourth-order valence-corrected chi connectivity index (χ4v) is 5.71. The third-order valence-corrected chi connectivity index (χ3v) is 8.02. The van der Waals surface area contributed by atoms with E-state index in [-0.39, 0.29) is 23.6 Å². The van der Waals surface area contributed by atoms with Crippen molar-refractivity contribution in [1.29, 1.82) is 0 Å². The first-order valence-electron chi connectivity index (χ1n) is 13.2. The fraction of sp³-hybridized carbons (Fsp3) is 0.355. The van der Waals surface area contributed by atoms with E-state index in [0.717, 1.165) is 41.0 Å². The van der Waals surface area contributed by atoms with E-state index < -0.39 is 12.0 Å². The number of aryl methyl sites for hydroxylation is 1. The summed E-state index contributed by atoms with van der Waals surface area (Å²) in [4.78, 5) is 25.1. The van der Waals surface area contributed by atoms with Crippen molar-refractivity contribution in [2.24, 2.45) is 0 Å². The molecule has 1 aliphatic carbocycles. The van der Waals surface area contributed by atoms with Crippen molar-refractivity contribution in [2.75, 3.05) is 19.5 Å². The van der Waals surface area contributed by atoms with Gasteiger partial charge in [0, 0.05) is 21.8 Å². The molecule has 1 saturated carbocycles. The van der Waals surface area contributed by atoms with Crippen LogP contribution in [0.3, 0.4) is 0 Å². The average Bonchev–Trinajstić information content (AvgIpc) is 2.93. The van der Waals surface area contributed by atoms with Crippen molar-refractivity contribution in [1.82, 2.24) is 5.32 Å². The van der Waals surface area contributed by atoms with E-state index in [1.54, 1.807) is 13.2 Å². The summed E-state index contributed by atoms with van der Waals surface area (Å²) in [5.41, 5.74) is 4.72. The van der Waals surface area contributed by atoms with Gasteiger partial charge in [0.15, 0.2) is 0 Å². The summed E-state index contributed by atoms with van der Waals surface area (Å²) in [5.74, 6) is -0.351. The number of amides is 1. The molecule has 3 aromatic carbocycles. The van der Waals surface area contributed by atoms with Crippen LogP contribution in [-0.4, -0.2) is 37.2 Å². The molecule has 0 aromatic heterocycles. The molecule has 1 amide bonds. The van der Waals surface area contributed by atoms with Crippen LogP contribution >= 0.6 is 15.9 Å². The van der Waals surface area contributed by atoms with Crippen LogP contribution in [0.15, 0.2) is 59.1 Å². The van der Waals surface area contributed by atoms with Crippen molar-refractivity contribution in [3.63, 3.8) is 0 Å². The van der Waals surface area contributed by atoms with Crippen LogP contribution in [0, 0.1) is 6.92 Å². The Hall–Kier alpha value is -3.52. The Balaban J connectivity index is 1.68. The number of benzene rings is 3. The molecule has 0 spiro atoms. The van der Waals surface area contributed by atoms with Gasteiger partial charge in [-0.2, -0.15) is 0 Å². The summed E-state index contributed by atoms with van der Waals surface area (Å²) in [6, 6.07) is 17.0. The van der Waals surface area contributed by atoms with Crippen LogP contribution in [-0.2, 0) is 11.2 Å². The van der Waals surface area contributed by atoms with Crippen molar-refractivity contribution < 1.29 is 24.2 Å². The SMILES string of the molecule is COc1ccc(C(NC(=O)Cc2cc(OC)c(C(=O)O)cc2Br)c2c(C)cccc2NC2CCCCC2)cc1. The van der Waals surface area contributed by atoms with Gasteiger partial charge in [0.2, 0.25) is 5.91 Å². The zero-order chi connectivity index (χ0) is 27.9. The molecule has 39 heavy (non-hydrogen) atoms. The molecule has 1 aliphatic rings. The largest absolute Gasteiger partial charge is 0.497 e. The Bertz CT molecular complexity index is 1320. The first kappa shape index (κ1) is 28.5. The highest BCUT2D eigenvalue weighted by atomic mass is 79.9. The maximum Gasteiger partial charge on any atom is 0.339 e. The number of hydrogen-bond acceptors (Lipinski definition) is 5.